The lowest BCUT2D eigenvalue weighted by molar-refractivity contribution is 0.0686. The minimum Gasteiger partial charge on any atom is -0.501 e. The number of hydrogen-bond acceptors (Lipinski definition) is 6. The van der Waals surface area contributed by atoms with Crippen LogP contribution in [0.4, 0.5) is 10.5 Å². The summed E-state index contributed by atoms with van der Waals surface area (Å²) in [5.41, 5.74) is -0.370. The summed E-state index contributed by atoms with van der Waals surface area (Å²) in [6.45, 7) is 0.259. The maximum Gasteiger partial charge on any atom is 0.358 e. The molecule has 1 heterocycles. The predicted molar refractivity (Wildman–Crippen MR) is 108 cm³/mol. The van der Waals surface area contributed by atoms with E-state index in [0.717, 1.165) is 5.56 Å². The second-order valence-corrected chi connectivity index (χ2v) is 6.12. The zero-order valence-corrected chi connectivity index (χ0v) is 15.8. The molecule has 0 atom stereocenters. The third kappa shape index (κ3) is 4.55. The number of carboxylic acid groups (broad SMARTS) is 1. The molecule has 0 radical (unpaired) electrons. The number of carbonyl (C=O) groups excluding carboxylic acids is 1. The Morgan fingerprint density at radius 3 is 2.50 bits per heavy atom. The van der Waals surface area contributed by atoms with E-state index in [1.54, 1.807) is 43.5 Å². The summed E-state index contributed by atoms with van der Waals surface area (Å²) < 4.78 is 5.08. The minimum atomic E-state index is -1.55. The van der Waals surface area contributed by atoms with E-state index in [2.05, 4.69) is 20.6 Å². The number of aromatic carboxylic acids is 1. The number of aromatic hydroxyl groups is 1. The van der Waals surface area contributed by atoms with Crippen molar-refractivity contribution in [2.45, 2.75) is 6.54 Å². The number of aromatic nitrogens is 2. The molecule has 0 fully saturated rings. The highest BCUT2D eigenvalue weighted by atomic mass is 16.5. The molecule has 154 valence electrons. The third-order valence-electron chi connectivity index (χ3n) is 4.14. The number of para-hydroxylation sites is 1. The van der Waals surface area contributed by atoms with Gasteiger partial charge in [0.2, 0.25) is 5.75 Å². The van der Waals surface area contributed by atoms with Crippen LogP contribution in [0.1, 0.15) is 16.1 Å². The lowest BCUT2D eigenvalue weighted by Crippen LogP contribution is -2.28. The van der Waals surface area contributed by atoms with Crippen LogP contribution >= 0.6 is 0 Å². The molecule has 10 nitrogen and oxygen atoms in total. The van der Waals surface area contributed by atoms with E-state index in [0.29, 0.717) is 5.75 Å². The van der Waals surface area contributed by atoms with Crippen LogP contribution in [-0.2, 0) is 6.54 Å². The molecule has 3 aromatic rings. The first-order valence-corrected chi connectivity index (χ1v) is 8.72. The van der Waals surface area contributed by atoms with E-state index in [-0.39, 0.29) is 23.6 Å². The molecule has 0 unspecified atom stereocenters. The molecule has 5 N–H and O–H groups in total. The van der Waals surface area contributed by atoms with Crippen molar-refractivity contribution >= 4 is 17.7 Å². The normalized spacial score (nSPS) is 10.3. The van der Waals surface area contributed by atoms with Gasteiger partial charge in [-0.1, -0.05) is 24.3 Å². The zero-order chi connectivity index (χ0) is 21.7. The molecule has 0 spiro atoms. The van der Waals surface area contributed by atoms with Gasteiger partial charge in [-0.3, -0.25) is 4.79 Å². The van der Waals surface area contributed by atoms with Crippen LogP contribution in [0.5, 0.6) is 11.5 Å². The van der Waals surface area contributed by atoms with Crippen molar-refractivity contribution in [1.29, 1.82) is 0 Å². The van der Waals surface area contributed by atoms with Crippen molar-refractivity contribution in [3.63, 3.8) is 0 Å². The summed E-state index contributed by atoms with van der Waals surface area (Å²) in [4.78, 5) is 41.5. The molecular formula is C20H18N4O6. The number of rotatable bonds is 6. The number of H-pyrrole nitrogens is 1. The van der Waals surface area contributed by atoms with Crippen LogP contribution in [0.2, 0.25) is 0 Å². The average Bonchev–Trinajstić information content (AvgIpc) is 2.74. The van der Waals surface area contributed by atoms with Crippen LogP contribution in [0.3, 0.4) is 0 Å². The standard InChI is InChI=1S/C20H18N4O6/c1-30-12-8-6-11(7-9-12)10-21-20(29)22-14-5-3-2-4-13(14)17-23-15(19(27)28)16(25)18(26)24-17/h2-9,25H,10H2,1H3,(H,27,28)(H2,21,22,29)(H,23,24,26). The van der Waals surface area contributed by atoms with E-state index >= 15 is 0 Å². The molecule has 0 aliphatic carbocycles. The molecule has 2 amide bonds. The van der Waals surface area contributed by atoms with Gasteiger partial charge in [-0.2, -0.15) is 0 Å². The SMILES string of the molecule is COc1ccc(CNC(=O)Nc2ccccc2-c2nc(C(=O)O)c(O)c(=O)[nH]2)cc1. The summed E-state index contributed by atoms with van der Waals surface area (Å²) in [6.07, 6.45) is 0. The molecule has 1 aromatic heterocycles. The summed E-state index contributed by atoms with van der Waals surface area (Å²) in [5.74, 6) is -1.95. The fourth-order valence-electron chi connectivity index (χ4n) is 2.63. The number of methoxy groups -OCH3 is 1. The van der Waals surface area contributed by atoms with Gasteiger partial charge in [0.15, 0.2) is 5.69 Å². The first-order valence-electron chi connectivity index (χ1n) is 8.72. The number of anilines is 1. The largest absolute Gasteiger partial charge is 0.501 e. The molecular weight excluding hydrogens is 392 g/mol. The molecule has 0 bridgehead atoms. The van der Waals surface area contributed by atoms with Crippen molar-refractivity contribution < 1.29 is 24.5 Å². The topological polar surface area (TPSA) is 154 Å². The Labute approximate surface area is 170 Å². The molecule has 0 saturated carbocycles. The van der Waals surface area contributed by atoms with Crippen LogP contribution in [0, 0.1) is 0 Å². The second kappa shape index (κ2) is 8.78. The van der Waals surface area contributed by atoms with Crippen molar-refractivity contribution in [1.82, 2.24) is 15.3 Å². The van der Waals surface area contributed by atoms with Gasteiger partial charge in [0.05, 0.1) is 12.8 Å². The van der Waals surface area contributed by atoms with Crippen molar-refractivity contribution in [2.24, 2.45) is 0 Å². The van der Waals surface area contributed by atoms with Crippen LogP contribution in [0.25, 0.3) is 11.4 Å². The van der Waals surface area contributed by atoms with Gasteiger partial charge in [-0.15, -0.1) is 0 Å². The fourth-order valence-corrected chi connectivity index (χ4v) is 2.63. The van der Waals surface area contributed by atoms with Crippen molar-refractivity contribution in [3.05, 3.63) is 70.1 Å². The van der Waals surface area contributed by atoms with E-state index in [9.17, 15) is 19.5 Å². The lowest BCUT2D eigenvalue weighted by Gasteiger charge is -2.12. The third-order valence-corrected chi connectivity index (χ3v) is 4.14. The van der Waals surface area contributed by atoms with Gasteiger partial charge in [0.1, 0.15) is 11.6 Å². The molecule has 0 saturated heterocycles. The Morgan fingerprint density at radius 1 is 1.13 bits per heavy atom. The number of urea groups is 1. The van der Waals surface area contributed by atoms with Gasteiger partial charge < -0.3 is 30.6 Å². The van der Waals surface area contributed by atoms with E-state index in [1.165, 1.54) is 0 Å². The Balaban J connectivity index is 1.79. The highest BCUT2D eigenvalue weighted by Gasteiger charge is 2.19. The smallest absolute Gasteiger partial charge is 0.358 e. The highest BCUT2D eigenvalue weighted by Crippen LogP contribution is 2.25. The Hall–Kier alpha value is -4.34. The summed E-state index contributed by atoms with van der Waals surface area (Å²) >= 11 is 0. The first kappa shape index (κ1) is 20.4. The monoisotopic (exact) mass is 410 g/mol. The van der Waals surface area contributed by atoms with Gasteiger partial charge in [0.25, 0.3) is 5.56 Å². The number of nitrogens with zero attached hydrogens (tertiary/aromatic N) is 1. The molecule has 10 heteroatoms. The molecule has 0 aliphatic heterocycles. The number of nitrogens with one attached hydrogen (secondary N) is 3. The highest BCUT2D eigenvalue weighted by molar-refractivity contribution is 5.94. The molecule has 0 aliphatic rings. The summed E-state index contributed by atoms with van der Waals surface area (Å²) in [7, 11) is 1.56. The maximum atomic E-state index is 12.3. The maximum absolute atomic E-state index is 12.3. The summed E-state index contributed by atoms with van der Waals surface area (Å²) in [5, 5.41) is 24.0. The van der Waals surface area contributed by atoms with Crippen LogP contribution < -0.4 is 20.9 Å². The quantitative estimate of drug-likeness (QED) is 0.417. The number of hydrogen-bond donors (Lipinski definition) is 5. The minimum absolute atomic E-state index is 0.110. The fraction of sp³-hybridized carbons (Fsp3) is 0.100. The van der Waals surface area contributed by atoms with E-state index < -0.39 is 29.0 Å². The Bertz CT molecular complexity index is 1140. The van der Waals surface area contributed by atoms with E-state index in [1.807, 2.05) is 12.1 Å². The lowest BCUT2D eigenvalue weighted by atomic mass is 10.1. The predicted octanol–water partition coefficient (Wildman–Crippen LogP) is 2.17. The van der Waals surface area contributed by atoms with Gasteiger partial charge >= 0.3 is 12.0 Å². The molecule has 3 rings (SSSR count). The average molecular weight is 410 g/mol. The zero-order valence-electron chi connectivity index (χ0n) is 15.8. The van der Waals surface area contributed by atoms with Crippen molar-refractivity contribution in [2.75, 3.05) is 12.4 Å². The Kier molecular flexibility index (Phi) is 5.97. The molecule has 30 heavy (non-hydrogen) atoms. The van der Waals surface area contributed by atoms with Gasteiger partial charge in [-0.25, -0.2) is 14.6 Å². The Morgan fingerprint density at radius 2 is 1.83 bits per heavy atom. The number of aromatic amines is 1. The summed E-state index contributed by atoms with van der Waals surface area (Å²) in [6, 6.07) is 13.0. The van der Waals surface area contributed by atoms with Gasteiger partial charge in [-0.05, 0) is 29.8 Å². The van der Waals surface area contributed by atoms with E-state index in [4.69, 9.17) is 9.84 Å². The first-order chi connectivity index (χ1) is 14.4. The number of carbonyl (C=O) groups is 2. The molecule has 2 aromatic carbocycles. The second-order valence-electron chi connectivity index (χ2n) is 6.12. The number of amides is 2. The van der Waals surface area contributed by atoms with Crippen molar-refractivity contribution in [3.8, 4) is 22.9 Å². The van der Waals surface area contributed by atoms with Crippen LogP contribution in [-0.4, -0.2) is 39.3 Å². The van der Waals surface area contributed by atoms with Crippen LogP contribution in [0.15, 0.2) is 53.3 Å². The number of carboxylic acids is 1. The number of benzene rings is 2. The van der Waals surface area contributed by atoms with Gasteiger partial charge in [0, 0.05) is 12.1 Å². The number of ether oxygens (including phenoxy) is 1.